The predicted molar refractivity (Wildman–Crippen MR) is 101 cm³/mol. The standard InChI is InChI=1S/C19H27N3O3S/c1-3-14-8-9-16(26-14)18(24)21-13-10-15(17(23)20-4-2)22(11-13)19(25)12-6-5-7-12/h8-9,12-13,15H,3-7,10-11H2,1-2H3,(H,20,23)(H,21,24)/t13-,15+/m1/s1. The number of thiophene rings is 1. The fraction of sp³-hybridized carbons (Fsp3) is 0.632. The Kier molecular flexibility index (Phi) is 5.96. The summed E-state index contributed by atoms with van der Waals surface area (Å²) in [5, 5.41) is 5.84. The molecule has 1 aliphatic heterocycles. The third-order valence-corrected chi connectivity index (χ3v) is 6.49. The van der Waals surface area contributed by atoms with Gasteiger partial charge in [-0.2, -0.15) is 0 Å². The zero-order valence-electron chi connectivity index (χ0n) is 15.4. The smallest absolute Gasteiger partial charge is 0.261 e. The van der Waals surface area contributed by atoms with Crippen molar-refractivity contribution in [2.24, 2.45) is 5.92 Å². The molecule has 1 saturated carbocycles. The maximum atomic E-state index is 12.7. The molecule has 0 bridgehead atoms. The van der Waals surface area contributed by atoms with Crippen molar-refractivity contribution in [2.45, 2.75) is 58.0 Å². The number of aryl methyl sites for hydroxylation is 1. The molecule has 3 rings (SSSR count). The van der Waals surface area contributed by atoms with Gasteiger partial charge in [0.1, 0.15) is 6.04 Å². The number of hydrogen-bond donors (Lipinski definition) is 2. The molecule has 142 valence electrons. The Labute approximate surface area is 158 Å². The van der Waals surface area contributed by atoms with Crippen LogP contribution in [0.1, 0.15) is 54.1 Å². The quantitative estimate of drug-likeness (QED) is 0.795. The van der Waals surface area contributed by atoms with E-state index < -0.39 is 6.04 Å². The second-order valence-electron chi connectivity index (χ2n) is 7.05. The summed E-state index contributed by atoms with van der Waals surface area (Å²) >= 11 is 1.49. The van der Waals surface area contributed by atoms with E-state index in [1.54, 1.807) is 4.90 Å². The van der Waals surface area contributed by atoms with Crippen molar-refractivity contribution < 1.29 is 14.4 Å². The van der Waals surface area contributed by atoms with Crippen molar-refractivity contribution in [2.75, 3.05) is 13.1 Å². The van der Waals surface area contributed by atoms with Crippen molar-refractivity contribution in [3.8, 4) is 0 Å². The van der Waals surface area contributed by atoms with Crippen molar-refractivity contribution in [3.63, 3.8) is 0 Å². The van der Waals surface area contributed by atoms with E-state index in [1.807, 2.05) is 19.1 Å². The molecule has 2 fully saturated rings. The molecule has 0 spiro atoms. The van der Waals surface area contributed by atoms with Gasteiger partial charge in [-0.3, -0.25) is 14.4 Å². The number of likely N-dealkylation sites (tertiary alicyclic amines) is 1. The molecule has 2 N–H and O–H groups in total. The van der Waals surface area contributed by atoms with Gasteiger partial charge in [0.25, 0.3) is 5.91 Å². The topological polar surface area (TPSA) is 78.5 Å². The molecule has 1 aliphatic carbocycles. The van der Waals surface area contributed by atoms with Crippen LogP contribution in [0.25, 0.3) is 0 Å². The second kappa shape index (κ2) is 8.20. The fourth-order valence-corrected chi connectivity index (χ4v) is 4.41. The van der Waals surface area contributed by atoms with Crippen LogP contribution in [-0.4, -0.2) is 47.8 Å². The van der Waals surface area contributed by atoms with Crippen LogP contribution in [-0.2, 0) is 16.0 Å². The van der Waals surface area contributed by atoms with Crippen molar-refractivity contribution >= 4 is 29.1 Å². The first kappa shape index (κ1) is 18.9. The Bertz CT molecular complexity index is 683. The van der Waals surface area contributed by atoms with Crippen LogP contribution in [0.3, 0.4) is 0 Å². The summed E-state index contributed by atoms with van der Waals surface area (Å²) in [6.07, 6.45) is 4.27. The molecular formula is C19H27N3O3S. The van der Waals surface area contributed by atoms with Gasteiger partial charge >= 0.3 is 0 Å². The molecule has 6 nitrogen and oxygen atoms in total. The molecule has 1 aromatic heterocycles. The van der Waals surface area contributed by atoms with E-state index in [0.717, 1.165) is 25.7 Å². The highest BCUT2D eigenvalue weighted by Gasteiger charge is 2.43. The van der Waals surface area contributed by atoms with Crippen LogP contribution in [0.15, 0.2) is 12.1 Å². The van der Waals surface area contributed by atoms with E-state index in [-0.39, 0.29) is 29.7 Å². The first-order valence-electron chi connectivity index (χ1n) is 9.51. The molecule has 0 aromatic carbocycles. The van der Waals surface area contributed by atoms with Crippen molar-refractivity contribution in [1.29, 1.82) is 0 Å². The molecule has 0 radical (unpaired) electrons. The molecule has 0 unspecified atom stereocenters. The Balaban J connectivity index is 1.67. The number of carbonyl (C=O) groups is 3. The number of rotatable bonds is 6. The highest BCUT2D eigenvalue weighted by molar-refractivity contribution is 7.14. The number of nitrogens with one attached hydrogen (secondary N) is 2. The minimum atomic E-state index is -0.483. The molecule has 2 aliphatic rings. The number of likely N-dealkylation sites (N-methyl/N-ethyl adjacent to an activating group) is 1. The van der Waals surface area contributed by atoms with Gasteiger partial charge in [0, 0.05) is 29.9 Å². The lowest BCUT2D eigenvalue weighted by atomic mass is 9.84. The van der Waals surface area contributed by atoms with Crippen LogP contribution in [0.5, 0.6) is 0 Å². The van der Waals surface area contributed by atoms with Crippen molar-refractivity contribution in [1.82, 2.24) is 15.5 Å². The molecule has 7 heteroatoms. The predicted octanol–water partition coefficient (Wildman–Crippen LogP) is 1.95. The van der Waals surface area contributed by atoms with Crippen molar-refractivity contribution in [3.05, 3.63) is 21.9 Å². The SMILES string of the molecule is CCNC(=O)[C@@H]1C[C@@H](NC(=O)c2ccc(CC)s2)CN1C(=O)C1CCC1. The summed E-state index contributed by atoms with van der Waals surface area (Å²) in [7, 11) is 0. The fourth-order valence-electron chi connectivity index (χ4n) is 3.56. The van der Waals surface area contributed by atoms with Crippen LogP contribution < -0.4 is 10.6 Å². The first-order chi connectivity index (χ1) is 12.5. The first-order valence-corrected chi connectivity index (χ1v) is 10.3. The summed E-state index contributed by atoms with van der Waals surface area (Å²) < 4.78 is 0. The highest BCUT2D eigenvalue weighted by Crippen LogP contribution is 2.31. The monoisotopic (exact) mass is 377 g/mol. The van der Waals surface area contributed by atoms with Gasteiger partial charge in [0.2, 0.25) is 11.8 Å². The lowest BCUT2D eigenvalue weighted by Gasteiger charge is -2.32. The number of carbonyl (C=O) groups excluding carboxylic acids is 3. The molecule has 2 heterocycles. The molecule has 26 heavy (non-hydrogen) atoms. The van der Waals surface area contributed by atoms with Gasteiger partial charge in [0.15, 0.2) is 0 Å². The van der Waals surface area contributed by atoms with Gasteiger partial charge in [0.05, 0.1) is 4.88 Å². The van der Waals surface area contributed by atoms with Crippen LogP contribution in [0, 0.1) is 5.92 Å². The molecule has 1 saturated heterocycles. The van der Waals surface area contributed by atoms with Gasteiger partial charge in [-0.1, -0.05) is 13.3 Å². The normalized spacial score (nSPS) is 22.8. The van der Waals surface area contributed by atoms with Crippen LogP contribution >= 0.6 is 11.3 Å². The maximum absolute atomic E-state index is 12.7. The molecular weight excluding hydrogens is 350 g/mol. The lowest BCUT2D eigenvalue weighted by molar-refractivity contribution is -0.143. The summed E-state index contributed by atoms with van der Waals surface area (Å²) in [5.74, 6) is -0.131. The second-order valence-corrected chi connectivity index (χ2v) is 8.22. The Morgan fingerprint density at radius 3 is 2.58 bits per heavy atom. The highest BCUT2D eigenvalue weighted by atomic mass is 32.1. The molecule has 1 aromatic rings. The summed E-state index contributed by atoms with van der Waals surface area (Å²) in [6.45, 7) is 4.87. The number of nitrogens with zero attached hydrogens (tertiary/aromatic N) is 1. The summed E-state index contributed by atoms with van der Waals surface area (Å²) in [5.41, 5.74) is 0. The number of amides is 3. The van der Waals surface area contributed by atoms with E-state index in [1.165, 1.54) is 16.2 Å². The minimum Gasteiger partial charge on any atom is -0.355 e. The Morgan fingerprint density at radius 1 is 1.23 bits per heavy atom. The van der Waals surface area contributed by atoms with E-state index in [4.69, 9.17) is 0 Å². The maximum Gasteiger partial charge on any atom is 0.261 e. The Morgan fingerprint density at radius 2 is 2.00 bits per heavy atom. The van der Waals surface area contributed by atoms with E-state index in [2.05, 4.69) is 17.6 Å². The van der Waals surface area contributed by atoms with Gasteiger partial charge in [-0.25, -0.2) is 0 Å². The minimum absolute atomic E-state index is 0.0470. The van der Waals surface area contributed by atoms with Gasteiger partial charge < -0.3 is 15.5 Å². The van der Waals surface area contributed by atoms with E-state index in [9.17, 15) is 14.4 Å². The third-order valence-electron chi connectivity index (χ3n) is 5.26. The van der Waals surface area contributed by atoms with Crippen LogP contribution in [0.4, 0.5) is 0 Å². The Hall–Kier alpha value is -1.89. The summed E-state index contributed by atoms with van der Waals surface area (Å²) in [4.78, 5) is 41.2. The zero-order valence-corrected chi connectivity index (χ0v) is 16.2. The lowest BCUT2D eigenvalue weighted by Crippen LogP contribution is -2.49. The van der Waals surface area contributed by atoms with Gasteiger partial charge in [-0.05, 0) is 44.7 Å². The van der Waals surface area contributed by atoms with Crippen LogP contribution in [0.2, 0.25) is 0 Å². The molecule has 2 atom stereocenters. The summed E-state index contributed by atoms with van der Waals surface area (Å²) in [6, 6.07) is 3.14. The third kappa shape index (κ3) is 3.92. The average molecular weight is 378 g/mol. The number of hydrogen-bond acceptors (Lipinski definition) is 4. The van der Waals surface area contributed by atoms with Gasteiger partial charge in [-0.15, -0.1) is 11.3 Å². The van der Waals surface area contributed by atoms with E-state index >= 15 is 0 Å². The average Bonchev–Trinajstić information content (AvgIpc) is 3.20. The molecule has 3 amide bonds. The largest absolute Gasteiger partial charge is 0.355 e. The zero-order chi connectivity index (χ0) is 18.7. The van der Waals surface area contributed by atoms with E-state index in [0.29, 0.717) is 24.4 Å².